The number of carboxylic acids is 1. The minimum absolute atomic E-state index is 0.00991. The van der Waals surface area contributed by atoms with E-state index in [1.54, 1.807) is 10.7 Å². The standard InChI is InChI=1S/C21H19ClF2N2O4/c22-15-4-12-13(5-19(15)30-10-11-7-21(23,24)8-11)16-2-1-3-25(16)26-9-14(20(28)29)18(27)6-17(12)26/h4-6,9,11,16H,1-3,7-8,10H2,(H,28,29)/t16-/m1/s1. The lowest BCUT2D eigenvalue weighted by molar-refractivity contribution is -0.119. The van der Waals surface area contributed by atoms with Crippen molar-refractivity contribution in [1.82, 2.24) is 4.68 Å². The van der Waals surface area contributed by atoms with Crippen LogP contribution in [0, 0.1) is 5.92 Å². The van der Waals surface area contributed by atoms with Gasteiger partial charge in [0.15, 0.2) is 5.43 Å². The first-order chi connectivity index (χ1) is 14.2. The fourth-order valence-electron chi connectivity index (χ4n) is 4.71. The SMILES string of the molecule is O=C(O)c1cn2c(cc1=O)-c1cc(Cl)c(OCC3CC(F)(F)C3)cc1[C@H]1CCCN12. The Morgan fingerprint density at radius 2 is 2.07 bits per heavy atom. The Morgan fingerprint density at radius 3 is 2.77 bits per heavy atom. The predicted molar refractivity (Wildman–Crippen MR) is 106 cm³/mol. The van der Waals surface area contributed by atoms with Crippen molar-refractivity contribution >= 4 is 17.6 Å². The van der Waals surface area contributed by atoms with Crippen molar-refractivity contribution in [2.75, 3.05) is 18.2 Å². The van der Waals surface area contributed by atoms with Crippen molar-refractivity contribution in [2.45, 2.75) is 37.6 Å². The van der Waals surface area contributed by atoms with Gasteiger partial charge < -0.3 is 14.9 Å². The monoisotopic (exact) mass is 436 g/mol. The molecule has 1 saturated heterocycles. The van der Waals surface area contributed by atoms with E-state index in [1.807, 2.05) is 11.1 Å². The first-order valence-corrected chi connectivity index (χ1v) is 10.2. The average molecular weight is 437 g/mol. The van der Waals surface area contributed by atoms with Gasteiger partial charge in [-0.05, 0) is 30.5 Å². The Hall–Kier alpha value is -2.61. The van der Waals surface area contributed by atoms with Crippen molar-refractivity contribution in [3.63, 3.8) is 0 Å². The molecule has 1 N–H and O–H groups in total. The molecule has 3 heterocycles. The van der Waals surface area contributed by atoms with E-state index in [-0.39, 0.29) is 37.0 Å². The number of aromatic nitrogens is 1. The fourth-order valence-corrected chi connectivity index (χ4v) is 4.93. The van der Waals surface area contributed by atoms with E-state index in [4.69, 9.17) is 16.3 Å². The highest BCUT2D eigenvalue weighted by Gasteiger charge is 2.45. The summed E-state index contributed by atoms with van der Waals surface area (Å²) in [5, 5.41) is 11.7. The van der Waals surface area contributed by atoms with E-state index >= 15 is 0 Å². The first-order valence-electron chi connectivity index (χ1n) is 9.85. The number of pyridine rings is 1. The third-order valence-corrected chi connectivity index (χ3v) is 6.45. The number of ether oxygens (including phenoxy) is 1. The molecule has 0 radical (unpaired) electrons. The van der Waals surface area contributed by atoms with Crippen molar-refractivity contribution < 1.29 is 23.4 Å². The van der Waals surface area contributed by atoms with Crippen LogP contribution in [0.15, 0.2) is 29.2 Å². The Bertz CT molecular complexity index is 1110. The van der Waals surface area contributed by atoms with Gasteiger partial charge in [-0.1, -0.05) is 11.6 Å². The molecule has 9 heteroatoms. The van der Waals surface area contributed by atoms with Gasteiger partial charge in [0.25, 0.3) is 0 Å². The highest BCUT2D eigenvalue weighted by atomic mass is 35.5. The van der Waals surface area contributed by atoms with Gasteiger partial charge in [0.2, 0.25) is 5.92 Å². The van der Waals surface area contributed by atoms with Crippen molar-refractivity contribution in [3.8, 4) is 17.0 Å². The summed E-state index contributed by atoms with van der Waals surface area (Å²) in [6.45, 7) is 0.898. The van der Waals surface area contributed by atoms with Crippen molar-refractivity contribution in [3.05, 3.63) is 50.8 Å². The molecule has 2 fully saturated rings. The van der Waals surface area contributed by atoms with Crippen LogP contribution in [0.1, 0.15) is 47.6 Å². The lowest BCUT2D eigenvalue weighted by Gasteiger charge is -2.38. The molecule has 2 aliphatic heterocycles. The smallest absolute Gasteiger partial charge is 0.341 e. The zero-order valence-corrected chi connectivity index (χ0v) is 16.7. The van der Waals surface area contributed by atoms with E-state index in [9.17, 15) is 23.5 Å². The van der Waals surface area contributed by atoms with Gasteiger partial charge in [-0.25, -0.2) is 13.6 Å². The summed E-state index contributed by atoms with van der Waals surface area (Å²) < 4.78 is 33.6. The molecule has 0 bridgehead atoms. The molecule has 30 heavy (non-hydrogen) atoms. The summed E-state index contributed by atoms with van der Waals surface area (Å²) in [7, 11) is 0. The maximum atomic E-state index is 13.1. The number of hydrogen-bond donors (Lipinski definition) is 1. The third-order valence-electron chi connectivity index (χ3n) is 6.15. The number of hydrogen-bond acceptors (Lipinski definition) is 4. The fraction of sp³-hybridized carbons (Fsp3) is 0.429. The molecule has 3 aliphatic rings. The lowest BCUT2D eigenvalue weighted by Crippen LogP contribution is -2.40. The van der Waals surface area contributed by atoms with E-state index in [2.05, 4.69) is 0 Å². The Balaban J connectivity index is 1.54. The Labute approximate surface area is 175 Å². The number of fused-ring (bicyclic) bond motifs is 6. The summed E-state index contributed by atoms with van der Waals surface area (Å²) in [4.78, 5) is 23.7. The highest BCUT2D eigenvalue weighted by Crippen LogP contribution is 2.46. The molecule has 5 rings (SSSR count). The van der Waals surface area contributed by atoms with E-state index < -0.39 is 17.3 Å². The van der Waals surface area contributed by atoms with Crippen LogP contribution < -0.4 is 15.2 Å². The van der Waals surface area contributed by atoms with Crippen LogP contribution >= 0.6 is 11.6 Å². The summed E-state index contributed by atoms with van der Waals surface area (Å²) in [5.74, 6) is -3.61. The highest BCUT2D eigenvalue weighted by molar-refractivity contribution is 6.32. The number of carbonyl (C=O) groups is 1. The number of carboxylic acid groups (broad SMARTS) is 1. The van der Waals surface area contributed by atoms with E-state index in [0.717, 1.165) is 30.5 Å². The van der Waals surface area contributed by atoms with Gasteiger partial charge in [0.05, 0.1) is 23.4 Å². The van der Waals surface area contributed by atoms with Crippen molar-refractivity contribution in [2.24, 2.45) is 5.92 Å². The number of halogens is 3. The van der Waals surface area contributed by atoms with E-state index in [0.29, 0.717) is 16.5 Å². The molecule has 2 aromatic rings. The topological polar surface area (TPSA) is 71.8 Å². The normalized spacial score (nSPS) is 21.4. The molecule has 1 atom stereocenters. The lowest BCUT2D eigenvalue weighted by atomic mass is 9.82. The van der Waals surface area contributed by atoms with Crippen LogP contribution in [-0.4, -0.2) is 34.8 Å². The van der Waals surface area contributed by atoms with Gasteiger partial charge in [0.1, 0.15) is 11.3 Å². The van der Waals surface area contributed by atoms with Gasteiger partial charge in [-0.3, -0.25) is 9.47 Å². The van der Waals surface area contributed by atoms with Crippen LogP contribution in [0.3, 0.4) is 0 Å². The zero-order chi connectivity index (χ0) is 21.2. The Morgan fingerprint density at radius 1 is 1.30 bits per heavy atom. The van der Waals surface area contributed by atoms with Gasteiger partial charge in [0, 0.05) is 43.1 Å². The van der Waals surface area contributed by atoms with Crippen LogP contribution in [0.4, 0.5) is 8.78 Å². The average Bonchev–Trinajstić information content (AvgIpc) is 3.14. The maximum Gasteiger partial charge on any atom is 0.341 e. The van der Waals surface area contributed by atoms with Gasteiger partial charge in [-0.2, -0.15) is 0 Å². The summed E-state index contributed by atoms with van der Waals surface area (Å²) in [5.41, 5.74) is 1.41. The number of benzene rings is 1. The molecule has 1 aliphatic carbocycles. The summed E-state index contributed by atoms with van der Waals surface area (Å²) >= 11 is 6.42. The number of aromatic carboxylic acids is 1. The molecule has 1 aromatic carbocycles. The minimum Gasteiger partial charge on any atom is -0.492 e. The molecule has 1 aromatic heterocycles. The van der Waals surface area contributed by atoms with Gasteiger partial charge >= 0.3 is 5.97 Å². The molecule has 1 saturated carbocycles. The molecular weight excluding hydrogens is 418 g/mol. The quantitative estimate of drug-likeness (QED) is 0.782. The second kappa shape index (κ2) is 6.70. The molecule has 0 spiro atoms. The van der Waals surface area contributed by atoms with Crippen LogP contribution in [0.2, 0.25) is 5.02 Å². The van der Waals surface area contributed by atoms with Crippen LogP contribution in [-0.2, 0) is 0 Å². The van der Waals surface area contributed by atoms with Crippen LogP contribution in [0.5, 0.6) is 5.75 Å². The molecular formula is C21H19ClF2N2O4. The zero-order valence-electron chi connectivity index (χ0n) is 15.9. The number of alkyl halides is 2. The summed E-state index contributed by atoms with van der Waals surface area (Å²) in [6.07, 6.45) is 2.80. The molecule has 6 nitrogen and oxygen atoms in total. The summed E-state index contributed by atoms with van der Waals surface area (Å²) in [6, 6.07) is 4.85. The molecule has 0 amide bonds. The van der Waals surface area contributed by atoms with Crippen molar-refractivity contribution in [1.29, 1.82) is 0 Å². The second-order valence-corrected chi connectivity index (χ2v) is 8.63. The number of rotatable bonds is 4. The first kappa shape index (κ1) is 19.4. The molecule has 0 unspecified atom stereocenters. The van der Waals surface area contributed by atoms with Crippen LogP contribution in [0.25, 0.3) is 11.3 Å². The maximum absolute atomic E-state index is 13.1. The Kier molecular flexibility index (Phi) is 4.32. The number of nitrogens with zero attached hydrogens (tertiary/aromatic N) is 2. The van der Waals surface area contributed by atoms with E-state index in [1.165, 1.54) is 12.3 Å². The third kappa shape index (κ3) is 3.05. The minimum atomic E-state index is -2.59. The van der Waals surface area contributed by atoms with Gasteiger partial charge in [-0.15, -0.1) is 0 Å². The predicted octanol–water partition coefficient (Wildman–Crippen LogP) is 4.08. The second-order valence-electron chi connectivity index (χ2n) is 8.22. The molecule has 158 valence electrons. The largest absolute Gasteiger partial charge is 0.492 e.